The largest absolute Gasteiger partial charge is 0.481 e. The number of sulfonamides is 1. The summed E-state index contributed by atoms with van der Waals surface area (Å²) in [6, 6.07) is 5.64. The van der Waals surface area contributed by atoms with Gasteiger partial charge in [0.05, 0.1) is 27.8 Å². The highest BCUT2D eigenvalue weighted by atomic mass is 32.2. The smallest absolute Gasteiger partial charge is 0.309 e. The molecule has 1 aromatic carbocycles. The van der Waals surface area contributed by atoms with E-state index in [0.717, 1.165) is 25.7 Å². The van der Waals surface area contributed by atoms with Crippen LogP contribution in [0.2, 0.25) is 0 Å². The third-order valence-electron chi connectivity index (χ3n) is 11.6. The van der Waals surface area contributed by atoms with Gasteiger partial charge >= 0.3 is 5.97 Å². The molecule has 7 rings (SSSR count). The highest BCUT2D eigenvalue weighted by Crippen LogP contribution is 2.74. The number of hydrogen-bond acceptors (Lipinski definition) is 5. The molecule has 39 heavy (non-hydrogen) atoms. The predicted molar refractivity (Wildman–Crippen MR) is 145 cm³/mol. The molecule has 2 amide bonds. The standard InChI is InChI=1S/C30H38N2O6S/c1-16(2)20-15-30-13-10-21-28(3,11-5-12-29(21,4)27(35)36)22(30)14-19(20)23-24(30)26(34)32(25(23)33)17-6-8-18(9-7-17)39(31,37)38/h6-9,15-16,19,21-24H,5,10-14H2,1-4H3,(H,35,36)(H2,31,37,38)/t19-,21+,22-,23+,24+,28-,29+,30+/m0/s1. The van der Waals surface area contributed by atoms with Gasteiger partial charge in [-0.05, 0) is 92.4 Å². The molecule has 0 unspecified atom stereocenters. The summed E-state index contributed by atoms with van der Waals surface area (Å²) in [5.74, 6) is -1.80. The summed E-state index contributed by atoms with van der Waals surface area (Å²) in [4.78, 5) is 42.1. The second-order valence-corrected chi connectivity index (χ2v) is 15.1. The Bertz CT molecular complexity index is 1420. The van der Waals surface area contributed by atoms with E-state index in [-0.39, 0.29) is 45.8 Å². The van der Waals surface area contributed by atoms with Crippen molar-refractivity contribution in [2.75, 3.05) is 4.90 Å². The molecule has 3 N–H and O–H groups in total. The fourth-order valence-electron chi connectivity index (χ4n) is 10.00. The maximum absolute atomic E-state index is 14.3. The molecular formula is C30H38N2O6S. The van der Waals surface area contributed by atoms with Crippen molar-refractivity contribution in [1.29, 1.82) is 0 Å². The van der Waals surface area contributed by atoms with Crippen LogP contribution in [0, 0.1) is 51.8 Å². The minimum Gasteiger partial charge on any atom is -0.481 e. The Labute approximate surface area is 230 Å². The van der Waals surface area contributed by atoms with Crippen LogP contribution in [-0.4, -0.2) is 31.3 Å². The fraction of sp³-hybridized carbons (Fsp3) is 0.633. The molecule has 6 aliphatic rings. The van der Waals surface area contributed by atoms with E-state index in [1.807, 2.05) is 6.92 Å². The van der Waals surface area contributed by atoms with Gasteiger partial charge in [-0.2, -0.15) is 0 Å². The van der Waals surface area contributed by atoms with Crippen LogP contribution in [-0.2, 0) is 24.4 Å². The zero-order valence-corrected chi connectivity index (χ0v) is 23.8. The van der Waals surface area contributed by atoms with Crippen LogP contribution in [0.25, 0.3) is 0 Å². The second kappa shape index (κ2) is 8.26. The second-order valence-electron chi connectivity index (χ2n) is 13.5. The lowest BCUT2D eigenvalue weighted by molar-refractivity contribution is -0.194. The average Bonchev–Trinajstić information content (AvgIpc) is 3.14. The molecule has 1 heterocycles. The van der Waals surface area contributed by atoms with Crippen molar-refractivity contribution in [3.05, 3.63) is 35.9 Å². The maximum Gasteiger partial charge on any atom is 0.309 e. The summed E-state index contributed by atoms with van der Waals surface area (Å²) >= 11 is 0. The Hall–Kier alpha value is -2.52. The SMILES string of the molecule is CC(C)C1=C[C@]23CC[C@@H]4[C@](C)(CCC[C@@]4(C)C(=O)O)[C@@H]2C[C@@H]1[C@H]1C(=O)N(c2ccc(S(N)(=O)=O)cc2)C(=O)[C@@H]13. The molecule has 1 saturated heterocycles. The maximum atomic E-state index is 14.3. The third-order valence-corrected chi connectivity index (χ3v) is 12.5. The van der Waals surface area contributed by atoms with Crippen molar-refractivity contribution in [3.63, 3.8) is 0 Å². The summed E-state index contributed by atoms with van der Waals surface area (Å²) < 4.78 is 23.5. The molecule has 2 bridgehead atoms. The van der Waals surface area contributed by atoms with Gasteiger partial charge in [-0.3, -0.25) is 19.3 Å². The number of carbonyl (C=O) groups is 3. The van der Waals surface area contributed by atoms with Crippen LogP contribution in [0.3, 0.4) is 0 Å². The van der Waals surface area contributed by atoms with E-state index < -0.39 is 38.7 Å². The number of rotatable bonds is 4. The minimum atomic E-state index is -3.90. The van der Waals surface area contributed by atoms with E-state index in [2.05, 4.69) is 26.8 Å². The van der Waals surface area contributed by atoms with Crippen LogP contribution in [0.5, 0.6) is 0 Å². The number of carboxylic acids is 1. The molecule has 210 valence electrons. The van der Waals surface area contributed by atoms with Gasteiger partial charge in [0.15, 0.2) is 0 Å². The van der Waals surface area contributed by atoms with Crippen LogP contribution >= 0.6 is 0 Å². The average molecular weight is 555 g/mol. The van der Waals surface area contributed by atoms with E-state index in [9.17, 15) is 27.9 Å². The van der Waals surface area contributed by atoms with Crippen LogP contribution in [0.4, 0.5) is 5.69 Å². The summed E-state index contributed by atoms with van der Waals surface area (Å²) in [5, 5.41) is 15.5. The molecule has 5 aliphatic carbocycles. The lowest BCUT2D eigenvalue weighted by Gasteiger charge is -2.68. The van der Waals surface area contributed by atoms with Gasteiger partial charge in [-0.15, -0.1) is 0 Å². The first-order valence-electron chi connectivity index (χ1n) is 14.1. The topological polar surface area (TPSA) is 135 Å². The Balaban J connectivity index is 1.46. The number of carbonyl (C=O) groups excluding carboxylic acids is 2. The van der Waals surface area contributed by atoms with E-state index in [1.54, 1.807) is 0 Å². The molecule has 1 spiro atoms. The molecule has 4 fully saturated rings. The summed E-state index contributed by atoms with van der Waals surface area (Å²) in [7, 11) is -3.90. The Morgan fingerprint density at radius 2 is 1.72 bits per heavy atom. The van der Waals surface area contributed by atoms with Crippen molar-refractivity contribution < 1.29 is 27.9 Å². The van der Waals surface area contributed by atoms with E-state index in [4.69, 9.17) is 5.14 Å². The Morgan fingerprint density at radius 3 is 2.31 bits per heavy atom. The number of fused-ring (bicyclic) bond motifs is 1. The first kappa shape index (κ1) is 26.7. The van der Waals surface area contributed by atoms with Crippen LogP contribution < -0.4 is 10.0 Å². The molecule has 8 atom stereocenters. The zero-order chi connectivity index (χ0) is 28.3. The summed E-state index contributed by atoms with van der Waals surface area (Å²) in [5.41, 5.74) is 0.0882. The molecule has 0 aromatic heterocycles. The summed E-state index contributed by atoms with van der Waals surface area (Å²) in [6.45, 7) is 8.46. The number of primary sulfonamides is 1. The lowest BCUT2D eigenvalue weighted by Crippen LogP contribution is -2.65. The van der Waals surface area contributed by atoms with Gasteiger partial charge in [-0.25, -0.2) is 13.6 Å². The number of nitrogens with two attached hydrogens (primary N) is 1. The highest BCUT2D eigenvalue weighted by Gasteiger charge is 2.73. The van der Waals surface area contributed by atoms with Crippen LogP contribution in [0.1, 0.15) is 66.2 Å². The molecule has 9 heteroatoms. The van der Waals surface area contributed by atoms with Crippen LogP contribution in [0.15, 0.2) is 40.8 Å². The molecule has 8 nitrogen and oxygen atoms in total. The van der Waals surface area contributed by atoms with E-state index in [0.29, 0.717) is 18.5 Å². The van der Waals surface area contributed by atoms with Gasteiger partial charge in [-0.1, -0.05) is 38.8 Å². The normalized spacial score (nSPS) is 41.2. The summed E-state index contributed by atoms with van der Waals surface area (Å²) in [6.07, 6.45) is 7.01. The van der Waals surface area contributed by atoms with Gasteiger partial charge in [0, 0.05) is 5.41 Å². The quantitative estimate of drug-likeness (QED) is 0.420. The zero-order valence-electron chi connectivity index (χ0n) is 23.0. The van der Waals surface area contributed by atoms with Crippen molar-refractivity contribution in [3.8, 4) is 0 Å². The van der Waals surface area contributed by atoms with Gasteiger partial charge in [0.2, 0.25) is 21.8 Å². The molecule has 1 aliphatic heterocycles. The predicted octanol–water partition coefficient (Wildman–Crippen LogP) is 4.35. The van der Waals surface area contributed by atoms with E-state index >= 15 is 0 Å². The Morgan fingerprint density at radius 1 is 1.05 bits per heavy atom. The molecule has 1 aromatic rings. The monoisotopic (exact) mass is 554 g/mol. The number of aliphatic carboxylic acids is 1. The van der Waals surface area contributed by atoms with Crippen molar-refractivity contribution in [2.24, 2.45) is 56.9 Å². The van der Waals surface area contributed by atoms with Gasteiger partial charge in [0.1, 0.15) is 0 Å². The fourth-order valence-corrected chi connectivity index (χ4v) is 10.5. The highest BCUT2D eigenvalue weighted by molar-refractivity contribution is 7.89. The third kappa shape index (κ3) is 3.38. The number of benzene rings is 1. The van der Waals surface area contributed by atoms with Crippen molar-refractivity contribution in [2.45, 2.75) is 71.1 Å². The number of hydrogen-bond donors (Lipinski definition) is 2. The van der Waals surface area contributed by atoms with Gasteiger partial charge in [0.25, 0.3) is 0 Å². The number of imide groups is 1. The number of nitrogens with zero attached hydrogens (tertiary/aromatic N) is 1. The molecular weight excluding hydrogens is 516 g/mol. The van der Waals surface area contributed by atoms with E-state index in [1.165, 1.54) is 34.7 Å². The first-order valence-corrected chi connectivity index (χ1v) is 15.7. The van der Waals surface area contributed by atoms with Gasteiger partial charge < -0.3 is 5.11 Å². The van der Waals surface area contributed by atoms with Crippen molar-refractivity contribution in [1.82, 2.24) is 0 Å². The first-order chi connectivity index (χ1) is 18.2. The number of carboxylic acid groups (broad SMARTS) is 1. The number of amides is 2. The lowest BCUT2D eigenvalue weighted by atomic mass is 9.34. The molecule has 0 radical (unpaired) electrons. The van der Waals surface area contributed by atoms with Crippen molar-refractivity contribution >= 4 is 33.5 Å². The molecule has 3 saturated carbocycles. The Kier molecular flexibility index (Phi) is 5.65. The minimum absolute atomic E-state index is 0.0228. The number of allylic oxidation sites excluding steroid dienone is 2. The number of anilines is 1.